The minimum atomic E-state index is 0.197. The minimum Gasteiger partial charge on any atom is -0.378 e. The Morgan fingerprint density at radius 3 is 2.52 bits per heavy atom. The lowest BCUT2D eigenvalue weighted by atomic mass is 10.1. The number of aromatic nitrogens is 5. The Morgan fingerprint density at radius 2 is 1.86 bits per heavy atom. The Bertz CT molecular complexity index is 619. The normalized spacial score (nSPS) is 15.7. The monoisotopic (exact) mass is 289 g/mol. The number of morpholine rings is 1. The van der Waals surface area contributed by atoms with Gasteiger partial charge in [0.1, 0.15) is 0 Å². The van der Waals surface area contributed by atoms with Gasteiger partial charge in [-0.05, 0) is 12.0 Å². The standard InChI is InChI=1S/C13H19N7O/c1-9(2)10-3-4-20(18-10)13-16-11(14)15-12(17-13)19-5-7-21-8-6-19/h3-4,9H,5-8H2,1-2H3,(H2,14,15,16,17). The van der Waals surface area contributed by atoms with Crippen molar-refractivity contribution >= 4 is 11.9 Å². The van der Waals surface area contributed by atoms with Gasteiger partial charge in [-0.3, -0.25) is 0 Å². The average molecular weight is 289 g/mol. The van der Waals surface area contributed by atoms with E-state index in [-0.39, 0.29) is 5.95 Å². The first-order chi connectivity index (χ1) is 10.1. The molecule has 3 rings (SSSR count). The molecule has 0 aliphatic carbocycles. The Hall–Kier alpha value is -2.22. The quantitative estimate of drug-likeness (QED) is 0.884. The molecule has 1 saturated heterocycles. The number of nitrogens with two attached hydrogens (primary N) is 1. The molecule has 2 aromatic heterocycles. The Labute approximate surface area is 123 Å². The number of nitrogen functional groups attached to an aromatic ring is 1. The molecule has 2 N–H and O–H groups in total. The molecule has 0 radical (unpaired) electrons. The van der Waals surface area contributed by atoms with Gasteiger partial charge >= 0.3 is 0 Å². The van der Waals surface area contributed by atoms with Crippen molar-refractivity contribution < 1.29 is 4.74 Å². The van der Waals surface area contributed by atoms with Crippen LogP contribution in [0.25, 0.3) is 5.95 Å². The predicted octanol–water partition coefficient (Wildman–Crippen LogP) is 0.599. The van der Waals surface area contributed by atoms with Gasteiger partial charge in [0.15, 0.2) is 0 Å². The van der Waals surface area contributed by atoms with Crippen molar-refractivity contribution in [1.29, 1.82) is 0 Å². The van der Waals surface area contributed by atoms with Crippen LogP contribution in [0.1, 0.15) is 25.5 Å². The first-order valence-corrected chi connectivity index (χ1v) is 7.03. The summed E-state index contributed by atoms with van der Waals surface area (Å²) < 4.78 is 6.97. The smallest absolute Gasteiger partial charge is 0.257 e. The Kier molecular flexibility index (Phi) is 3.70. The van der Waals surface area contributed by atoms with Crippen LogP contribution in [0.15, 0.2) is 12.3 Å². The van der Waals surface area contributed by atoms with Gasteiger partial charge in [0, 0.05) is 19.3 Å². The second-order valence-electron chi connectivity index (χ2n) is 5.23. The molecule has 2 aromatic rings. The molecule has 0 unspecified atom stereocenters. The van der Waals surface area contributed by atoms with E-state index in [2.05, 4.69) is 33.9 Å². The molecule has 112 valence electrons. The fraction of sp³-hybridized carbons (Fsp3) is 0.538. The number of hydrogen-bond donors (Lipinski definition) is 1. The zero-order chi connectivity index (χ0) is 14.8. The predicted molar refractivity (Wildman–Crippen MR) is 78.5 cm³/mol. The van der Waals surface area contributed by atoms with Gasteiger partial charge in [-0.1, -0.05) is 13.8 Å². The number of hydrogen-bond acceptors (Lipinski definition) is 7. The van der Waals surface area contributed by atoms with E-state index in [0.29, 0.717) is 31.0 Å². The van der Waals surface area contributed by atoms with Crippen molar-refractivity contribution in [3.63, 3.8) is 0 Å². The molecule has 21 heavy (non-hydrogen) atoms. The molecule has 1 fully saturated rings. The summed E-state index contributed by atoms with van der Waals surface area (Å²) in [6, 6.07) is 1.96. The SMILES string of the molecule is CC(C)c1ccn(-c2nc(N)nc(N3CCOCC3)n2)n1. The van der Waals surface area contributed by atoms with E-state index in [4.69, 9.17) is 10.5 Å². The van der Waals surface area contributed by atoms with Crippen molar-refractivity contribution in [1.82, 2.24) is 24.7 Å². The van der Waals surface area contributed by atoms with Crippen LogP contribution in [0.4, 0.5) is 11.9 Å². The van der Waals surface area contributed by atoms with Gasteiger partial charge in [-0.25, -0.2) is 4.68 Å². The Balaban J connectivity index is 1.92. The summed E-state index contributed by atoms with van der Waals surface area (Å²) in [6.07, 6.45) is 1.84. The van der Waals surface area contributed by atoms with E-state index >= 15 is 0 Å². The van der Waals surface area contributed by atoms with Gasteiger partial charge in [0.25, 0.3) is 5.95 Å². The summed E-state index contributed by atoms with van der Waals surface area (Å²) >= 11 is 0. The first kappa shape index (κ1) is 13.7. The van der Waals surface area contributed by atoms with E-state index in [0.717, 1.165) is 18.8 Å². The molecule has 0 bridgehead atoms. The van der Waals surface area contributed by atoms with Gasteiger partial charge in [0.05, 0.1) is 18.9 Å². The number of anilines is 2. The lowest BCUT2D eigenvalue weighted by Crippen LogP contribution is -2.37. The summed E-state index contributed by atoms with van der Waals surface area (Å²) in [7, 11) is 0. The highest BCUT2D eigenvalue weighted by Crippen LogP contribution is 2.15. The highest BCUT2D eigenvalue weighted by molar-refractivity contribution is 5.38. The van der Waals surface area contributed by atoms with Crippen molar-refractivity contribution in [2.75, 3.05) is 36.9 Å². The zero-order valence-electron chi connectivity index (χ0n) is 12.2. The summed E-state index contributed by atoms with van der Waals surface area (Å²) in [5, 5.41) is 4.47. The number of rotatable bonds is 3. The maximum absolute atomic E-state index is 5.81. The van der Waals surface area contributed by atoms with E-state index in [1.54, 1.807) is 4.68 Å². The van der Waals surface area contributed by atoms with Crippen LogP contribution >= 0.6 is 0 Å². The van der Waals surface area contributed by atoms with Crippen LogP contribution in [0, 0.1) is 0 Å². The van der Waals surface area contributed by atoms with Gasteiger partial charge in [-0.15, -0.1) is 0 Å². The summed E-state index contributed by atoms with van der Waals surface area (Å²) in [6.45, 7) is 7.01. The van der Waals surface area contributed by atoms with Crippen LogP contribution in [-0.4, -0.2) is 51.0 Å². The molecular formula is C13H19N7O. The molecule has 0 atom stereocenters. The molecule has 0 spiro atoms. The maximum atomic E-state index is 5.81. The lowest BCUT2D eigenvalue weighted by Gasteiger charge is -2.26. The molecule has 0 aromatic carbocycles. The third-order valence-corrected chi connectivity index (χ3v) is 3.33. The molecule has 1 aliphatic rings. The highest BCUT2D eigenvalue weighted by atomic mass is 16.5. The van der Waals surface area contributed by atoms with Crippen molar-refractivity contribution in [3.05, 3.63) is 18.0 Å². The van der Waals surface area contributed by atoms with Crippen molar-refractivity contribution in [3.8, 4) is 5.95 Å². The van der Waals surface area contributed by atoms with Crippen LogP contribution in [0.2, 0.25) is 0 Å². The molecule has 3 heterocycles. The fourth-order valence-electron chi connectivity index (χ4n) is 2.13. The fourth-order valence-corrected chi connectivity index (χ4v) is 2.13. The van der Waals surface area contributed by atoms with Crippen molar-refractivity contribution in [2.24, 2.45) is 0 Å². The molecule has 8 heteroatoms. The molecule has 8 nitrogen and oxygen atoms in total. The average Bonchev–Trinajstić information content (AvgIpc) is 2.98. The van der Waals surface area contributed by atoms with E-state index < -0.39 is 0 Å². The maximum Gasteiger partial charge on any atom is 0.257 e. The van der Waals surface area contributed by atoms with E-state index in [1.807, 2.05) is 17.2 Å². The van der Waals surface area contributed by atoms with Gasteiger partial charge in [-0.2, -0.15) is 20.1 Å². The largest absolute Gasteiger partial charge is 0.378 e. The van der Waals surface area contributed by atoms with Crippen molar-refractivity contribution in [2.45, 2.75) is 19.8 Å². The first-order valence-electron chi connectivity index (χ1n) is 7.03. The molecule has 0 amide bonds. The third-order valence-electron chi connectivity index (χ3n) is 3.33. The van der Waals surface area contributed by atoms with Crippen LogP contribution in [0.5, 0.6) is 0 Å². The molecular weight excluding hydrogens is 270 g/mol. The minimum absolute atomic E-state index is 0.197. The summed E-state index contributed by atoms with van der Waals surface area (Å²) in [5.41, 5.74) is 6.80. The summed E-state index contributed by atoms with van der Waals surface area (Å²) in [4.78, 5) is 14.9. The molecule has 1 aliphatic heterocycles. The molecule has 0 saturated carbocycles. The highest BCUT2D eigenvalue weighted by Gasteiger charge is 2.17. The van der Waals surface area contributed by atoms with Gasteiger partial charge < -0.3 is 15.4 Å². The van der Waals surface area contributed by atoms with E-state index in [1.165, 1.54) is 0 Å². The number of ether oxygens (including phenoxy) is 1. The second kappa shape index (κ2) is 5.65. The lowest BCUT2D eigenvalue weighted by molar-refractivity contribution is 0.122. The third kappa shape index (κ3) is 2.94. The van der Waals surface area contributed by atoms with Gasteiger partial charge in [0.2, 0.25) is 11.9 Å². The zero-order valence-corrected chi connectivity index (χ0v) is 12.2. The summed E-state index contributed by atoms with van der Waals surface area (Å²) in [5.74, 6) is 1.56. The topological polar surface area (TPSA) is 95.0 Å². The van der Waals surface area contributed by atoms with Crippen LogP contribution < -0.4 is 10.6 Å². The number of nitrogens with zero attached hydrogens (tertiary/aromatic N) is 6. The second-order valence-corrected chi connectivity index (χ2v) is 5.23. The van der Waals surface area contributed by atoms with Crippen LogP contribution in [-0.2, 0) is 4.74 Å². The Morgan fingerprint density at radius 1 is 1.14 bits per heavy atom. The van der Waals surface area contributed by atoms with E-state index in [9.17, 15) is 0 Å². The van der Waals surface area contributed by atoms with Crippen LogP contribution in [0.3, 0.4) is 0 Å².